The smallest absolute Gasteiger partial charge is 0.246 e. The van der Waals surface area contributed by atoms with Crippen LogP contribution < -0.4 is 39.7 Å². The molecule has 0 aromatic carbocycles. The van der Waals surface area contributed by atoms with E-state index in [2.05, 4.69) is 5.32 Å². The van der Waals surface area contributed by atoms with Crippen LogP contribution in [0.15, 0.2) is 0 Å². The molecule has 3 heterocycles. The maximum absolute atomic E-state index is 12.8. The van der Waals surface area contributed by atoms with E-state index < -0.39 is 110 Å². The molecule has 308 valence electrons. The fourth-order valence-electron chi connectivity index (χ4n) is 7.87. The number of aliphatic hydroxyl groups is 5. The Kier molecular flexibility index (Phi) is 15.6. The summed E-state index contributed by atoms with van der Waals surface area (Å²) < 4.78 is 36.3. The summed E-state index contributed by atoms with van der Waals surface area (Å²) in [5.74, 6) is -1.01. The van der Waals surface area contributed by atoms with Crippen molar-refractivity contribution in [2.24, 2.45) is 46.2 Å². The number of rotatable bonds is 16. The number of nitrogens with zero attached hydrogens (tertiary/aromatic N) is 1. The largest absolute Gasteiger partial charge is 0.394 e. The number of ether oxygens (including phenoxy) is 6. The molecule has 1 amide bonds. The minimum Gasteiger partial charge on any atom is -0.394 e. The minimum atomic E-state index is -1.62. The molecule has 3 saturated heterocycles. The van der Waals surface area contributed by atoms with E-state index >= 15 is 0 Å². The highest BCUT2D eigenvalue weighted by Crippen LogP contribution is 2.37. The molecule has 0 bridgehead atoms. The zero-order chi connectivity index (χ0) is 38.6. The molecule has 0 spiro atoms. The van der Waals surface area contributed by atoms with Crippen molar-refractivity contribution in [2.45, 2.75) is 143 Å². The number of carbonyl (C=O) groups excluding carboxylic acids is 1. The second-order valence-electron chi connectivity index (χ2n) is 15.1. The Morgan fingerprint density at radius 1 is 0.755 bits per heavy atom. The van der Waals surface area contributed by atoms with Gasteiger partial charge in [-0.25, -0.2) is 5.06 Å². The van der Waals surface area contributed by atoms with Crippen molar-refractivity contribution >= 4 is 5.91 Å². The quantitative estimate of drug-likeness (QED) is 0.0513. The SMILES string of the molecule is NCCN(O)C(=O)C[C@@H]1C[C@H](N)[C@@H](O[C@H]2O[C@H](CNCC3CC(N)C3)CC[C@H]2N)[C@H](O[C@@H]2O[C@H](CO)[C@@H](O[C@H]3O[C@@H](CN)[C@@H](O)[C@H](O)[C@H]3N)[C@H]2O)[C@H]1O. The highest BCUT2D eigenvalue weighted by Gasteiger charge is 2.54. The lowest BCUT2D eigenvalue weighted by Crippen LogP contribution is -2.64. The third-order valence-electron chi connectivity index (χ3n) is 11.1. The summed E-state index contributed by atoms with van der Waals surface area (Å²) in [5.41, 5.74) is 36.3. The summed E-state index contributed by atoms with van der Waals surface area (Å²) in [5, 5.41) is 68.1. The van der Waals surface area contributed by atoms with E-state index in [1.165, 1.54) is 0 Å². The van der Waals surface area contributed by atoms with Gasteiger partial charge in [-0.1, -0.05) is 0 Å². The Balaban J connectivity index is 1.30. The molecule has 21 heteroatoms. The number of carbonyl (C=O) groups is 1. The van der Waals surface area contributed by atoms with E-state index in [0.717, 1.165) is 19.4 Å². The second-order valence-corrected chi connectivity index (χ2v) is 15.1. The van der Waals surface area contributed by atoms with Gasteiger partial charge in [0.1, 0.15) is 48.8 Å². The molecule has 5 fully saturated rings. The van der Waals surface area contributed by atoms with Gasteiger partial charge >= 0.3 is 0 Å². The Morgan fingerprint density at radius 2 is 1.43 bits per heavy atom. The molecule has 5 aliphatic rings. The van der Waals surface area contributed by atoms with Gasteiger partial charge in [-0.15, -0.1) is 0 Å². The van der Waals surface area contributed by atoms with E-state index in [4.69, 9.17) is 62.8 Å². The van der Waals surface area contributed by atoms with Crippen LogP contribution in [0, 0.1) is 11.8 Å². The van der Waals surface area contributed by atoms with Crippen LogP contribution in [0.3, 0.4) is 0 Å². The van der Waals surface area contributed by atoms with E-state index in [9.17, 15) is 35.5 Å². The summed E-state index contributed by atoms with van der Waals surface area (Å²) in [6, 6.07) is -2.40. The summed E-state index contributed by atoms with van der Waals surface area (Å²) in [6.45, 7) is 0.443. The Morgan fingerprint density at radius 3 is 2.09 bits per heavy atom. The number of hydroxylamine groups is 2. The predicted octanol–water partition coefficient (Wildman–Crippen LogP) is -6.61. The third kappa shape index (κ3) is 10.2. The van der Waals surface area contributed by atoms with Crippen molar-refractivity contribution in [2.75, 3.05) is 39.3 Å². The first kappa shape index (κ1) is 42.8. The van der Waals surface area contributed by atoms with Crippen LogP contribution in [0.25, 0.3) is 0 Å². The monoisotopic (exact) mass is 766 g/mol. The van der Waals surface area contributed by atoms with Crippen molar-refractivity contribution in [1.29, 1.82) is 0 Å². The number of amides is 1. The van der Waals surface area contributed by atoms with E-state index in [-0.39, 0.29) is 44.6 Å². The van der Waals surface area contributed by atoms with Gasteiger partial charge in [-0.05, 0) is 50.5 Å². The predicted molar refractivity (Wildman–Crippen MR) is 183 cm³/mol. The van der Waals surface area contributed by atoms with Gasteiger partial charge in [0.05, 0.1) is 37.4 Å². The first-order valence-corrected chi connectivity index (χ1v) is 18.6. The van der Waals surface area contributed by atoms with E-state index in [1.807, 2.05) is 0 Å². The Bertz CT molecular complexity index is 1150. The van der Waals surface area contributed by atoms with Crippen molar-refractivity contribution in [3.8, 4) is 0 Å². The molecule has 17 atom stereocenters. The average Bonchev–Trinajstić information content (AvgIpc) is 3.41. The van der Waals surface area contributed by atoms with Crippen LogP contribution in [-0.2, 0) is 33.2 Å². The molecule has 2 aliphatic carbocycles. The molecule has 0 aromatic rings. The van der Waals surface area contributed by atoms with Crippen molar-refractivity contribution in [3.05, 3.63) is 0 Å². The maximum Gasteiger partial charge on any atom is 0.246 e. The standard InChI is InChI=1S/C32H62N8O13/c33-3-4-40(47)21(42)8-14-7-18(37)27(51-30-17(36)2-1-16(48-30)11-39-10-13-5-15(35)6-13)29(23(14)43)53-32-26(46)28(20(12-41)50-32)52-31-22(38)25(45)24(44)19(9-34)49-31/h13-20,22-32,39,41,43-47H,1-12,33-38H2/t13?,14-,15?,16-,17+,18-,19-,20+,22+,23-,24+,25+,26+,27+,28+,29+,30+,31+,32-/m0/s1. The summed E-state index contributed by atoms with van der Waals surface area (Å²) in [6.07, 6.45) is -13.0. The van der Waals surface area contributed by atoms with Gasteiger partial charge in [-0.3, -0.25) is 10.0 Å². The number of nitrogens with two attached hydrogens (primary N) is 6. The number of hydrogen-bond acceptors (Lipinski definition) is 20. The van der Waals surface area contributed by atoms with Crippen LogP contribution >= 0.6 is 0 Å². The normalized spacial score (nSPS) is 46.2. The second kappa shape index (κ2) is 19.2. The average molecular weight is 767 g/mol. The molecular formula is C32H62N8O13. The minimum absolute atomic E-state index is 0.0128. The van der Waals surface area contributed by atoms with E-state index in [0.29, 0.717) is 30.4 Å². The Labute approximate surface area is 308 Å². The molecule has 19 N–H and O–H groups in total. The molecule has 21 nitrogen and oxygen atoms in total. The highest BCUT2D eigenvalue weighted by atomic mass is 16.8. The van der Waals surface area contributed by atoms with Crippen LogP contribution in [0.5, 0.6) is 0 Å². The van der Waals surface area contributed by atoms with Gasteiger partial charge in [0.25, 0.3) is 0 Å². The van der Waals surface area contributed by atoms with Crippen molar-refractivity contribution in [3.63, 3.8) is 0 Å². The lowest BCUT2D eigenvalue weighted by atomic mass is 9.77. The van der Waals surface area contributed by atoms with Gasteiger partial charge in [0.2, 0.25) is 5.91 Å². The number of nitrogens with one attached hydrogen (secondary N) is 1. The number of hydrogen-bond donors (Lipinski definition) is 13. The summed E-state index contributed by atoms with van der Waals surface area (Å²) >= 11 is 0. The molecule has 0 radical (unpaired) electrons. The van der Waals surface area contributed by atoms with Gasteiger partial charge in [-0.2, -0.15) is 0 Å². The van der Waals surface area contributed by atoms with Crippen molar-refractivity contribution in [1.82, 2.24) is 10.4 Å². The summed E-state index contributed by atoms with van der Waals surface area (Å²) in [7, 11) is 0. The molecule has 3 aliphatic heterocycles. The maximum atomic E-state index is 12.8. The van der Waals surface area contributed by atoms with Gasteiger partial charge < -0.3 is 93.7 Å². The summed E-state index contributed by atoms with van der Waals surface area (Å²) in [4.78, 5) is 12.8. The van der Waals surface area contributed by atoms with E-state index in [1.54, 1.807) is 0 Å². The van der Waals surface area contributed by atoms with Crippen LogP contribution in [0.1, 0.15) is 38.5 Å². The molecule has 5 rings (SSSR count). The van der Waals surface area contributed by atoms with Crippen molar-refractivity contribution < 1.29 is 64.0 Å². The van der Waals surface area contributed by atoms with Gasteiger partial charge in [0, 0.05) is 38.1 Å². The number of aliphatic hydroxyl groups excluding tert-OH is 5. The Hall–Kier alpha value is -1.29. The topological polar surface area (TPSA) is 365 Å². The highest BCUT2D eigenvalue weighted by molar-refractivity contribution is 5.75. The van der Waals surface area contributed by atoms with Crippen LogP contribution in [-0.4, -0.2) is 185 Å². The van der Waals surface area contributed by atoms with Crippen LogP contribution in [0.2, 0.25) is 0 Å². The first-order chi connectivity index (χ1) is 25.3. The lowest BCUT2D eigenvalue weighted by Gasteiger charge is -2.46. The zero-order valence-electron chi connectivity index (χ0n) is 29.9. The molecule has 2 saturated carbocycles. The first-order valence-electron chi connectivity index (χ1n) is 18.6. The third-order valence-corrected chi connectivity index (χ3v) is 11.1. The molecular weight excluding hydrogens is 704 g/mol. The molecule has 0 unspecified atom stereocenters. The lowest BCUT2D eigenvalue weighted by molar-refractivity contribution is -0.292. The molecule has 53 heavy (non-hydrogen) atoms. The van der Waals surface area contributed by atoms with Crippen LogP contribution in [0.4, 0.5) is 0 Å². The van der Waals surface area contributed by atoms with Gasteiger partial charge in [0.15, 0.2) is 18.9 Å². The fraction of sp³-hybridized carbons (Fsp3) is 0.969. The molecule has 0 aromatic heterocycles. The fourth-order valence-corrected chi connectivity index (χ4v) is 7.87. The zero-order valence-corrected chi connectivity index (χ0v) is 29.9.